The number of hydrogen-bond donors (Lipinski definition) is 1. The van der Waals surface area contributed by atoms with Gasteiger partial charge < -0.3 is 10.2 Å². The van der Waals surface area contributed by atoms with Crippen molar-refractivity contribution in [2.45, 2.75) is 13.5 Å². The Hall–Kier alpha value is -3.22. The number of nitrogens with zero attached hydrogens (tertiary/aromatic N) is 5. The molecule has 2 amide bonds. The first-order chi connectivity index (χ1) is 11.6. The summed E-state index contributed by atoms with van der Waals surface area (Å²) >= 11 is 0. The van der Waals surface area contributed by atoms with Gasteiger partial charge in [0.25, 0.3) is 0 Å². The average molecular weight is 322 g/mol. The van der Waals surface area contributed by atoms with Gasteiger partial charge in [0.05, 0.1) is 5.69 Å². The molecule has 0 aliphatic carbocycles. The molecule has 0 fully saturated rings. The first kappa shape index (κ1) is 15.7. The predicted octanol–water partition coefficient (Wildman–Crippen LogP) is 2.63. The summed E-state index contributed by atoms with van der Waals surface area (Å²) in [7, 11) is 1.77. The fourth-order valence-corrected chi connectivity index (χ4v) is 2.41. The van der Waals surface area contributed by atoms with Gasteiger partial charge in [-0.15, -0.1) is 5.10 Å². The molecule has 7 heteroatoms. The number of benzene rings is 2. The third-order valence-electron chi connectivity index (χ3n) is 3.65. The second kappa shape index (κ2) is 6.91. The Morgan fingerprint density at radius 3 is 2.67 bits per heavy atom. The highest BCUT2D eigenvalue weighted by Crippen LogP contribution is 2.18. The van der Waals surface area contributed by atoms with Gasteiger partial charge in [-0.25, -0.2) is 9.48 Å². The van der Waals surface area contributed by atoms with Crippen LogP contribution in [0.5, 0.6) is 0 Å². The van der Waals surface area contributed by atoms with Crippen LogP contribution in [0.4, 0.5) is 10.5 Å². The Balaban J connectivity index is 1.67. The third kappa shape index (κ3) is 3.57. The number of rotatable bonds is 4. The van der Waals surface area contributed by atoms with Crippen LogP contribution in [0, 0.1) is 6.92 Å². The highest BCUT2D eigenvalue weighted by atomic mass is 16.2. The molecule has 0 aliphatic heterocycles. The van der Waals surface area contributed by atoms with Crippen LogP contribution in [0.15, 0.2) is 54.9 Å². The van der Waals surface area contributed by atoms with Gasteiger partial charge in [0.15, 0.2) is 0 Å². The number of nitrogens with one attached hydrogen (secondary N) is 1. The van der Waals surface area contributed by atoms with Crippen LogP contribution in [-0.4, -0.2) is 38.2 Å². The number of anilines is 1. The molecule has 0 unspecified atom stereocenters. The normalized spacial score (nSPS) is 10.4. The number of tetrazole rings is 1. The van der Waals surface area contributed by atoms with E-state index in [1.54, 1.807) is 16.6 Å². The molecule has 0 aliphatic rings. The van der Waals surface area contributed by atoms with Gasteiger partial charge in [-0.2, -0.15) is 0 Å². The second-order valence-electron chi connectivity index (χ2n) is 5.53. The van der Waals surface area contributed by atoms with Crippen LogP contribution < -0.4 is 5.32 Å². The number of aromatic nitrogens is 4. The second-order valence-corrected chi connectivity index (χ2v) is 5.53. The van der Waals surface area contributed by atoms with E-state index in [0.717, 1.165) is 22.5 Å². The molecule has 0 saturated carbocycles. The van der Waals surface area contributed by atoms with Crippen LogP contribution in [0.1, 0.15) is 11.1 Å². The Kier molecular flexibility index (Phi) is 4.51. The zero-order valence-electron chi connectivity index (χ0n) is 13.5. The SMILES string of the molecule is Cc1cc(NC(=O)N(C)Cc2ccccc2)ccc1-n1cnnn1. The van der Waals surface area contributed by atoms with Crippen molar-refractivity contribution in [3.63, 3.8) is 0 Å². The number of carbonyl (C=O) groups is 1. The molecule has 7 nitrogen and oxygen atoms in total. The Morgan fingerprint density at radius 2 is 2.00 bits per heavy atom. The molecule has 0 radical (unpaired) electrons. The van der Waals surface area contributed by atoms with Crippen molar-refractivity contribution in [2.24, 2.45) is 0 Å². The van der Waals surface area contributed by atoms with E-state index in [1.807, 2.05) is 55.5 Å². The van der Waals surface area contributed by atoms with E-state index in [9.17, 15) is 4.79 Å². The molecule has 3 rings (SSSR count). The monoisotopic (exact) mass is 322 g/mol. The topological polar surface area (TPSA) is 75.9 Å². The van der Waals surface area contributed by atoms with E-state index >= 15 is 0 Å². The van der Waals surface area contributed by atoms with Gasteiger partial charge in [-0.05, 0) is 46.7 Å². The lowest BCUT2D eigenvalue weighted by molar-refractivity contribution is 0.220. The van der Waals surface area contributed by atoms with Crippen molar-refractivity contribution >= 4 is 11.7 Å². The minimum absolute atomic E-state index is 0.159. The maximum absolute atomic E-state index is 12.3. The number of amides is 2. The van der Waals surface area contributed by atoms with Gasteiger partial charge >= 0.3 is 6.03 Å². The van der Waals surface area contributed by atoms with Crippen LogP contribution in [-0.2, 0) is 6.54 Å². The molecular weight excluding hydrogens is 304 g/mol. The van der Waals surface area contributed by atoms with Gasteiger partial charge in [0.2, 0.25) is 0 Å². The molecule has 1 heterocycles. The smallest absolute Gasteiger partial charge is 0.321 e. The quantitative estimate of drug-likeness (QED) is 0.801. The third-order valence-corrected chi connectivity index (χ3v) is 3.65. The number of aryl methyl sites for hydroxylation is 1. The van der Waals surface area contributed by atoms with E-state index < -0.39 is 0 Å². The average Bonchev–Trinajstić information content (AvgIpc) is 3.10. The Bertz CT molecular complexity index is 816. The van der Waals surface area contributed by atoms with Crippen molar-refractivity contribution in [3.8, 4) is 5.69 Å². The van der Waals surface area contributed by atoms with Crippen LogP contribution in [0.25, 0.3) is 5.69 Å². The molecule has 0 saturated heterocycles. The summed E-state index contributed by atoms with van der Waals surface area (Å²) in [6, 6.07) is 15.3. The number of hydrogen-bond acceptors (Lipinski definition) is 4. The largest absolute Gasteiger partial charge is 0.323 e. The standard InChI is InChI=1S/C17H18N6O/c1-13-10-15(8-9-16(13)23-12-18-20-21-23)19-17(24)22(2)11-14-6-4-3-5-7-14/h3-10,12H,11H2,1-2H3,(H,19,24). The van der Waals surface area contributed by atoms with E-state index in [2.05, 4.69) is 20.8 Å². The zero-order valence-corrected chi connectivity index (χ0v) is 13.5. The molecule has 0 spiro atoms. The van der Waals surface area contributed by atoms with Crippen LogP contribution in [0.2, 0.25) is 0 Å². The van der Waals surface area contributed by atoms with Crippen molar-refractivity contribution in [3.05, 3.63) is 66.0 Å². The molecule has 0 bridgehead atoms. The maximum atomic E-state index is 12.3. The molecule has 2 aromatic carbocycles. The summed E-state index contributed by atoms with van der Waals surface area (Å²) in [4.78, 5) is 14.0. The molecule has 1 aromatic heterocycles. The van der Waals surface area contributed by atoms with Crippen LogP contribution >= 0.6 is 0 Å². The predicted molar refractivity (Wildman–Crippen MR) is 90.8 cm³/mol. The Morgan fingerprint density at radius 1 is 1.21 bits per heavy atom. The highest BCUT2D eigenvalue weighted by molar-refractivity contribution is 5.89. The first-order valence-electron chi connectivity index (χ1n) is 7.53. The minimum atomic E-state index is -0.159. The van der Waals surface area contributed by atoms with Crippen molar-refractivity contribution in [2.75, 3.05) is 12.4 Å². The van der Waals surface area contributed by atoms with Gasteiger partial charge in [-0.3, -0.25) is 0 Å². The van der Waals surface area contributed by atoms with Crippen molar-refractivity contribution in [1.29, 1.82) is 0 Å². The van der Waals surface area contributed by atoms with Gasteiger partial charge in [0.1, 0.15) is 6.33 Å². The molecule has 3 aromatic rings. The van der Waals surface area contributed by atoms with E-state index in [0.29, 0.717) is 6.54 Å². The van der Waals surface area contributed by atoms with Gasteiger partial charge in [-0.1, -0.05) is 30.3 Å². The summed E-state index contributed by atoms with van der Waals surface area (Å²) in [6.07, 6.45) is 1.54. The number of carbonyl (C=O) groups excluding carboxylic acids is 1. The fraction of sp³-hybridized carbons (Fsp3) is 0.176. The highest BCUT2D eigenvalue weighted by Gasteiger charge is 2.10. The number of urea groups is 1. The van der Waals surface area contributed by atoms with Gasteiger partial charge in [0, 0.05) is 19.3 Å². The summed E-state index contributed by atoms with van der Waals surface area (Å²) in [6.45, 7) is 2.49. The summed E-state index contributed by atoms with van der Waals surface area (Å²) in [5, 5.41) is 14.0. The summed E-state index contributed by atoms with van der Waals surface area (Å²) in [5.74, 6) is 0. The van der Waals surface area contributed by atoms with E-state index in [1.165, 1.54) is 6.33 Å². The molecule has 122 valence electrons. The lowest BCUT2D eigenvalue weighted by atomic mass is 10.2. The molecular formula is C17H18N6O. The molecule has 24 heavy (non-hydrogen) atoms. The van der Waals surface area contributed by atoms with Crippen molar-refractivity contribution < 1.29 is 4.79 Å². The zero-order chi connectivity index (χ0) is 16.9. The lowest BCUT2D eigenvalue weighted by Crippen LogP contribution is -2.30. The lowest BCUT2D eigenvalue weighted by Gasteiger charge is -2.18. The Labute approximate surface area is 139 Å². The molecule has 1 N–H and O–H groups in total. The summed E-state index contributed by atoms with van der Waals surface area (Å²) < 4.78 is 1.59. The van der Waals surface area contributed by atoms with E-state index in [-0.39, 0.29) is 6.03 Å². The first-order valence-corrected chi connectivity index (χ1v) is 7.53. The summed E-state index contributed by atoms with van der Waals surface area (Å²) in [5.41, 5.74) is 3.65. The fourth-order valence-electron chi connectivity index (χ4n) is 2.41. The van der Waals surface area contributed by atoms with Crippen molar-refractivity contribution in [1.82, 2.24) is 25.1 Å². The van der Waals surface area contributed by atoms with Crippen LogP contribution in [0.3, 0.4) is 0 Å². The van der Waals surface area contributed by atoms with E-state index in [4.69, 9.17) is 0 Å². The maximum Gasteiger partial charge on any atom is 0.321 e. The molecule has 0 atom stereocenters. The minimum Gasteiger partial charge on any atom is -0.323 e.